The van der Waals surface area contributed by atoms with Gasteiger partial charge in [-0.05, 0) is 47.9 Å². The molecule has 0 saturated heterocycles. The summed E-state index contributed by atoms with van der Waals surface area (Å²) in [5.41, 5.74) is 1.32. The first-order valence-electron chi connectivity index (χ1n) is 6.29. The van der Waals surface area contributed by atoms with E-state index in [1.807, 2.05) is 23.9 Å². The van der Waals surface area contributed by atoms with Crippen LogP contribution in [0.2, 0.25) is 5.02 Å². The predicted molar refractivity (Wildman–Crippen MR) is 89.8 cm³/mol. The van der Waals surface area contributed by atoms with Gasteiger partial charge in [-0.25, -0.2) is 0 Å². The molecule has 100 valence electrons. The average Bonchev–Trinajstić information content (AvgIpc) is 2.45. The van der Waals surface area contributed by atoms with Gasteiger partial charge in [0.1, 0.15) is 0 Å². The van der Waals surface area contributed by atoms with Crippen LogP contribution in [0.4, 0.5) is 0 Å². The Kier molecular flexibility index (Phi) is 6.29. The zero-order valence-electron chi connectivity index (χ0n) is 10.6. The Labute approximate surface area is 132 Å². The Hall–Kier alpha value is -0.440. The molecule has 0 aliphatic rings. The third-order valence-corrected chi connectivity index (χ3v) is 5.05. The van der Waals surface area contributed by atoms with Crippen LogP contribution >= 0.6 is 39.3 Å². The first-order chi connectivity index (χ1) is 9.29. The van der Waals surface area contributed by atoms with Gasteiger partial charge in [0, 0.05) is 15.2 Å². The van der Waals surface area contributed by atoms with E-state index in [0.29, 0.717) is 5.92 Å². The number of thioether (sulfide) groups is 1. The van der Waals surface area contributed by atoms with E-state index >= 15 is 0 Å². The summed E-state index contributed by atoms with van der Waals surface area (Å²) in [4.78, 5) is 1.34. The minimum absolute atomic E-state index is 0.523. The van der Waals surface area contributed by atoms with Gasteiger partial charge < -0.3 is 0 Å². The molecule has 3 heteroatoms. The van der Waals surface area contributed by atoms with Crippen LogP contribution in [-0.4, -0.2) is 11.1 Å². The fraction of sp³-hybridized carbons (Fsp3) is 0.250. The van der Waals surface area contributed by atoms with Gasteiger partial charge in [-0.15, -0.1) is 11.8 Å². The Bertz CT molecular complexity index is 501. The van der Waals surface area contributed by atoms with E-state index in [1.54, 1.807) is 0 Å². The summed E-state index contributed by atoms with van der Waals surface area (Å²) in [6, 6.07) is 18.7. The molecule has 0 heterocycles. The zero-order valence-corrected chi connectivity index (χ0v) is 13.7. The van der Waals surface area contributed by atoms with Gasteiger partial charge in [0.2, 0.25) is 0 Å². The van der Waals surface area contributed by atoms with E-state index in [9.17, 15) is 0 Å². The van der Waals surface area contributed by atoms with Crippen LogP contribution in [-0.2, 0) is 0 Å². The highest BCUT2D eigenvalue weighted by atomic mass is 79.9. The van der Waals surface area contributed by atoms with Crippen molar-refractivity contribution in [3.05, 3.63) is 65.2 Å². The lowest BCUT2D eigenvalue weighted by Crippen LogP contribution is -2.01. The third-order valence-electron chi connectivity index (χ3n) is 2.98. The van der Waals surface area contributed by atoms with Crippen molar-refractivity contribution in [2.45, 2.75) is 17.2 Å². The van der Waals surface area contributed by atoms with Gasteiger partial charge in [0.25, 0.3) is 0 Å². The molecular weight excluding hydrogens is 340 g/mol. The zero-order chi connectivity index (χ0) is 13.5. The second kappa shape index (κ2) is 7.98. The lowest BCUT2D eigenvalue weighted by atomic mass is 9.99. The van der Waals surface area contributed by atoms with Crippen LogP contribution in [0.25, 0.3) is 0 Å². The summed E-state index contributed by atoms with van der Waals surface area (Å²) in [5, 5.41) is 1.79. The fourth-order valence-electron chi connectivity index (χ4n) is 1.93. The number of halogens is 2. The Morgan fingerprint density at radius 1 is 1.05 bits per heavy atom. The summed E-state index contributed by atoms with van der Waals surface area (Å²) in [6.07, 6.45) is 1.14. The van der Waals surface area contributed by atoms with Gasteiger partial charge in [-0.3, -0.25) is 0 Å². The van der Waals surface area contributed by atoms with Crippen LogP contribution in [0.1, 0.15) is 17.9 Å². The minimum Gasteiger partial charge on any atom is -0.126 e. The highest BCUT2D eigenvalue weighted by Gasteiger charge is 2.10. The van der Waals surface area contributed by atoms with Crippen LogP contribution in [0.15, 0.2) is 59.5 Å². The van der Waals surface area contributed by atoms with Crippen molar-refractivity contribution in [2.75, 3.05) is 11.1 Å². The highest BCUT2D eigenvalue weighted by molar-refractivity contribution is 9.09. The number of rotatable bonds is 6. The lowest BCUT2D eigenvalue weighted by Gasteiger charge is -2.14. The molecule has 0 aliphatic carbocycles. The number of hydrogen-bond acceptors (Lipinski definition) is 1. The third kappa shape index (κ3) is 4.87. The number of hydrogen-bond donors (Lipinski definition) is 0. The quantitative estimate of drug-likeness (QED) is 0.452. The Balaban J connectivity index is 1.89. The molecule has 0 nitrogen and oxygen atoms in total. The molecule has 0 N–H and O–H groups in total. The molecule has 0 radical (unpaired) electrons. The van der Waals surface area contributed by atoms with Crippen molar-refractivity contribution in [3.63, 3.8) is 0 Å². The molecule has 1 unspecified atom stereocenters. The normalized spacial score (nSPS) is 12.3. The van der Waals surface area contributed by atoms with Crippen LogP contribution in [0, 0.1) is 0 Å². The van der Waals surface area contributed by atoms with E-state index < -0.39 is 0 Å². The molecule has 0 spiro atoms. The molecule has 19 heavy (non-hydrogen) atoms. The molecule has 0 saturated carbocycles. The van der Waals surface area contributed by atoms with E-state index in [2.05, 4.69) is 58.4 Å². The van der Waals surface area contributed by atoms with Crippen LogP contribution < -0.4 is 0 Å². The maximum atomic E-state index is 6.06. The molecular formula is C16H16BrClS. The van der Waals surface area contributed by atoms with Crippen molar-refractivity contribution in [3.8, 4) is 0 Å². The Morgan fingerprint density at radius 2 is 1.84 bits per heavy atom. The highest BCUT2D eigenvalue weighted by Crippen LogP contribution is 2.28. The van der Waals surface area contributed by atoms with Crippen molar-refractivity contribution < 1.29 is 0 Å². The first-order valence-corrected chi connectivity index (χ1v) is 8.77. The Morgan fingerprint density at radius 3 is 2.53 bits per heavy atom. The first kappa shape index (κ1) is 15.0. The molecule has 0 bridgehead atoms. The molecule has 0 fully saturated rings. The molecule has 2 rings (SSSR count). The topological polar surface area (TPSA) is 0 Å². The van der Waals surface area contributed by atoms with E-state index in [-0.39, 0.29) is 0 Å². The second-order valence-corrected chi connectivity index (χ2v) is 6.61. The van der Waals surface area contributed by atoms with Crippen molar-refractivity contribution >= 4 is 39.3 Å². The molecule has 0 amide bonds. The van der Waals surface area contributed by atoms with Gasteiger partial charge in [-0.2, -0.15) is 0 Å². The van der Waals surface area contributed by atoms with Gasteiger partial charge in [-0.1, -0.05) is 57.9 Å². The number of benzene rings is 2. The molecule has 2 aromatic rings. The summed E-state index contributed by atoms with van der Waals surface area (Å²) < 4.78 is 0. The van der Waals surface area contributed by atoms with E-state index in [1.165, 1.54) is 10.5 Å². The maximum absolute atomic E-state index is 6.06. The molecule has 1 atom stereocenters. The van der Waals surface area contributed by atoms with Crippen molar-refractivity contribution in [1.82, 2.24) is 0 Å². The predicted octanol–water partition coefficient (Wildman–Crippen LogP) is 6.00. The summed E-state index contributed by atoms with van der Waals surface area (Å²) in [5.74, 6) is 1.64. The van der Waals surface area contributed by atoms with Gasteiger partial charge in [0.05, 0.1) is 0 Å². The summed E-state index contributed by atoms with van der Waals surface area (Å²) in [7, 11) is 0. The summed E-state index contributed by atoms with van der Waals surface area (Å²) >= 11 is 11.6. The van der Waals surface area contributed by atoms with Crippen LogP contribution in [0.5, 0.6) is 0 Å². The summed E-state index contributed by atoms with van der Waals surface area (Å²) in [6.45, 7) is 0. The van der Waals surface area contributed by atoms with Crippen molar-refractivity contribution in [2.24, 2.45) is 0 Å². The van der Waals surface area contributed by atoms with Crippen molar-refractivity contribution in [1.29, 1.82) is 0 Å². The molecule has 2 aromatic carbocycles. The average molecular weight is 356 g/mol. The van der Waals surface area contributed by atoms with E-state index in [0.717, 1.165) is 22.5 Å². The molecule has 0 aliphatic heterocycles. The standard InChI is InChI=1S/C16H16BrClS/c17-12-14(13-5-4-6-15(18)11-13)9-10-19-16-7-2-1-3-8-16/h1-8,11,14H,9-10,12H2. The smallest absolute Gasteiger partial charge is 0.0408 e. The number of alkyl halides is 1. The van der Waals surface area contributed by atoms with Crippen LogP contribution in [0.3, 0.4) is 0 Å². The largest absolute Gasteiger partial charge is 0.126 e. The van der Waals surface area contributed by atoms with E-state index in [4.69, 9.17) is 11.6 Å². The second-order valence-electron chi connectivity index (χ2n) is 4.36. The molecule has 0 aromatic heterocycles. The fourth-order valence-corrected chi connectivity index (χ4v) is 3.81. The minimum atomic E-state index is 0.523. The SMILES string of the molecule is Clc1cccc(C(CBr)CCSc2ccccc2)c1. The van der Waals surface area contributed by atoms with Gasteiger partial charge in [0.15, 0.2) is 0 Å². The monoisotopic (exact) mass is 354 g/mol. The van der Waals surface area contributed by atoms with Gasteiger partial charge >= 0.3 is 0 Å². The lowest BCUT2D eigenvalue weighted by molar-refractivity contribution is 0.756. The maximum Gasteiger partial charge on any atom is 0.0408 e.